The SMILES string of the molecule is C=C(CCl)CN(Cc1ccccc1)[C@@H](CC(=O)OC(C)(C)C)C(=O)OCc1ccccc1. The molecule has 0 radical (unpaired) electrons. The Morgan fingerprint density at radius 2 is 1.56 bits per heavy atom. The van der Waals surface area contributed by atoms with Gasteiger partial charge in [0.1, 0.15) is 18.2 Å². The third-order valence-electron chi connectivity index (χ3n) is 4.56. The molecule has 2 aromatic rings. The maximum Gasteiger partial charge on any atom is 0.324 e. The van der Waals surface area contributed by atoms with E-state index in [1.807, 2.05) is 65.6 Å². The molecule has 2 aromatic carbocycles. The maximum absolute atomic E-state index is 13.2. The normalized spacial score (nSPS) is 12.3. The van der Waals surface area contributed by atoms with Crippen LogP contribution in [0.4, 0.5) is 0 Å². The van der Waals surface area contributed by atoms with E-state index in [9.17, 15) is 9.59 Å². The molecule has 1 atom stereocenters. The van der Waals surface area contributed by atoms with Gasteiger partial charge in [0.25, 0.3) is 0 Å². The number of alkyl halides is 1. The predicted octanol–water partition coefficient (Wildman–Crippen LogP) is 5.13. The lowest BCUT2D eigenvalue weighted by Crippen LogP contribution is -2.45. The quantitative estimate of drug-likeness (QED) is 0.266. The summed E-state index contributed by atoms with van der Waals surface area (Å²) < 4.78 is 11.1. The lowest BCUT2D eigenvalue weighted by molar-refractivity contribution is -0.163. The fourth-order valence-corrected chi connectivity index (χ4v) is 3.24. The van der Waals surface area contributed by atoms with E-state index in [2.05, 4.69) is 6.58 Å². The Bertz CT molecular complexity index is 878. The summed E-state index contributed by atoms with van der Waals surface area (Å²) in [6, 6.07) is 18.3. The number of ether oxygens (including phenoxy) is 2. The van der Waals surface area contributed by atoms with E-state index < -0.39 is 23.6 Å². The van der Waals surface area contributed by atoms with Crippen LogP contribution in [0.2, 0.25) is 0 Å². The van der Waals surface area contributed by atoms with Gasteiger partial charge in [0, 0.05) is 19.0 Å². The molecule has 6 heteroatoms. The minimum atomic E-state index is -0.839. The average molecular weight is 458 g/mol. The minimum Gasteiger partial charge on any atom is -0.460 e. The van der Waals surface area contributed by atoms with E-state index in [0.717, 1.165) is 16.7 Å². The maximum atomic E-state index is 13.2. The highest BCUT2D eigenvalue weighted by Gasteiger charge is 2.32. The highest BCUT2D eigenvalue weighted by molar-refractivity contribution is 6.19. The van der Waals surface area contributed by atoms with Crippen molar-refractivity contribution in [3.8, 4) is 0 Å². The number of halogens is 1. The number of rotatable bonds is 11. The Kier molecular flexibility index (Phi) is 9.95. The molecule has 0 saturated carbocycles. The van der Waals surface area contributed by atoms with Gasteiger partial charge in [-0.25, -0.2) is 0 Å². The van der Waals surface area contributed by atoms with Crippen LogP contribution in [0.1, 0.15) is 38.3 Å². The van der Waals surface area contributed by atoms with Crippen LogP contribution >= 0.6 is 11.6 Å². The molecule has 0 heterocycles. The molecule has 0 bridgehead atoms. The largest absolute Gasteiger partial charge is 0.460 e. The van der Waals surface area contributed by atoms with Crippen LogP contribution in [0.15, 0.2) is 72.8 Å². The molecule has 0 N–H and O–H groups in total. The summed E-state index contributed by atoms with van der Waals surface area (Å²) in [7, 11) is 0. The number of nitrogens with zero attached hydrogens (tertiary/aromatic N) is 1. The fourth-order valence-electron chi connectivity index (χ4n) is 3.15. The monoisotopic (exact) mass is 457 g/mol. The van der Waals surface area contributed by atoms with Gasteiger partial charge in [0.15, 0.2) is 0 Å². The van der Waals surface area contributed by atoms with E-state index >= 15 is 0 Å². The van der Waals surface area contributed by atoms with Crippen molar-refractivity contribution in [3.05, 3.63) is 83.9 Å². The van der Waals surface area contributed by atoms with E-state index in [1.165, 1.54) is 0 Å². The number of carbonyl (C=O) groups is 2. The second kappa shape index (κ2) is 12.4. The zero-order chi connectivity index (χ0) is 23.6. The minimum absolute atomic E-state index is 0.125. The van der Waals surface area contributed by atoms with Crippen LogP contribution < -0.4 is 0 Å². The Labute approximate surface area is 196 Å². The zero-order valence-corrected chi connectivity index (χ0v) is 19.8. The van der Waals surface area contributed by atoms with Crippen molar-refractivity contribution in [1.29, 1.82) is 0 Å². The molecule has 0 aliphatic carbocycles. The topological polar surface area (TPSA) is 55.8 Å². The molecule has 0 saturated heterocycles. The molecule has 172 valence electrons. The second-order valence-electron chi connectivity index (χ2n) is 8.67. The lowest BCUT2D eigenvalue weighted by atomic mass is 10.1. The lowest BCUT2D eigenvalue weighted by Gasteiger charge is -2.31. The van der Waals surface area contributed by atoms with Gasteiger partial charge in [0.2, 0.25) is 0 Å². The first kappa shape index (κ1) is 25.6. The summed E-state index contributed by atoms with van der Waals surface area (Å²) in [5, 5.41) is 0. The molecule has 2 rings (SSSR count). The highest BCUT2D eigenvalue weighted by atomic mass is 35.5. The van der Waals surface area contributed by atoms with E-state index in [-0.39, 0.29) is 18.9 Å². The Balaban J connectivity index is 2.26. The molecule has 0 aliphatic rings. The first-order valence-electron chi connectivity index (χ1n) is 10.6. The summed E-state index contributed by atoms with van der Waals surface area (Å²) in [5.41, 5.74) is 1.96. The first-order chi connectivity index (χ1) is 15.2. The van der Waals surface area contributed by atoms with Gasteiger partial charge in [0.05, 0.1) is 6.42 Å². The number of esters is 2. The molecule has 0 spiro atoms. The first-order valence-corrected chi connectivity index (χ1v) is 11.1. The third kappa shape index (κ3) is 9.25. The summed E-state index contributed by atoms with van der Waals surface area (Å²) in [6.07, 6.45) is -0.132. The number of hydrogen-bond acceptors (Lipinski definition) is 5. The van der Waals surface area contributed by atoms with Crippen LogP contribution in [-0.4, -0.2) is 40.9 Å². The van der Waals surface area contributed by atoms with Gasteiger partial charge in [-0.3, -0.25) is 14.5 Å². The van der Waals surface area contributed by atoms with E-state index in [0.29, 0.717) is 13.1 Å². The summed E-state index contributed by atoms with van der Waals surface area (Å²) >= 11 is 5.98. The Hall–Kier alpha value is -2.63. The van der Waals surface area contributed by atoms with Gasteiger partial charge in [-0.15, -0.1) is 11.6 Å². The van der Waals surface area contributed by atoms with Gasteiger partial charge in [-0.05, 0) is 37.5 Å². The van der Waals surface area contributed by atoms with Crippen LogP contribution in [0.25, 0.3) is 0 Å². The van der Waals surface area contributed by atoms with Crippen molar-refractivity contribution in [1.82, 2.24) is 4.90 Å². The molecule has 0 aromatic heterocycles. The third-order valence-corrected chi connectivity index (χ3v) is 4.94. The molecular formula is C26H32ClNO4. The van der Waals surface area contributed by atoms with Gasteiger partial charge >= 0.3 is 11.9 Å². The molecule has 0 unspecified atom stereocenters. The summed E-state index contributed by atoms with van der Waals surface area (Å²) in [5.74, 6) is -0.699. The summed E-state index contributed by atoms with van der Waals surface area (Å²) in [4.78, 5) is 27.7. The average Bonchev–Trinajstić information content (AvgIpc) is 2.75. The van der Waals surface area contributed by atoms with Crippen molar-refractivity contribution >= 4 is 23.5 Å². The van der Waals surface area contributed by atoms with Crippen LogP contribution in [0.5, 0.6) is 0 Å². The van der Waals surface area contributed by atoms with Gasteiger partial charge in [-0.2, -0.15) is 0 Å². The standard InChI is InChI=1S/C26H32ClNO4/c1-20(16-27)17-28(18-21-11-7-5-8-12-21)23(15-24(29)32-26(2,3)4)25(30)31-19-22-13-9-6-10-14-22/h5-14,23H,1,15-19H2,2-4H3/t23-/m0/s1. The van der Waals surface area contributed by atoms with Crippen LogP contribution in [0, 0.1) is 0 Å². The molecule has 32 heavy (non-hydrogen) atoms. The van der Waals surface area contributed by atoms with Crippen molar-refractivity contribution < 1.29 is 19.1 Å². The van der Waals surface area contributed by atoms with Crippen molar-refractivity contribution in [2.24, 2.45) is 0 Å². The molecule has 0 amide bonds. The number of hydrogen-bond donors (Lipinski definition) is 0. The van der Waals surface area contributed by atoms with Crippen molar-refractivity contribution in [2.45, 2.75) is 52.0 Å². The van der Waals surface area contributed by atoms with Crippen LogP contribution in [-0.2, 0) is 32.2 Å². The molecule has 0 fully saturated rings. The molecular weight excluding hydrogens is 426 g/mol. The van der Waals surface area contributed by atoms with Crippen LogP contribution in [0.3, 0.4) is 0 Å². The van der Waals surface area contributed by atoms with E-state index in [4.69, 9.17) is 21.1 Å². The van der Waals surface area contributed by atoms with Gasteiger partial charge in [-0.1, -0.05) is 67.2 Å². The Morgan fingerprint density at radius 3 is 2.09 bits per heavy atom. The summed E-state index contributed by atoms with van der Waals surface area (Å²) in [6.45, 7) is 10.3. The zero-order valence-electron chi connectivity index (χ0n) is 19.1. The second-order valence-corrected chi connectivity index (χ2v) is 8.94. The Morgan fingerprint density at radius 1 is 1.00 bits per heavy atom. The smallest absolute Gasteiger partial charge is 0.324 e. The van der Waals surface area contributed by atoms with Crippen molar-refractivity contribution in [2.75, 3.05) is 12.4 Å². The van der Waals surface area contributed by atoms with Crippen molar-refractivity contribution in [3.63, 3.8) is 0 Å². The fraction of sp³-hybridized carbons (Fsp3) is 0.385. The van der Waals surface area contributed by atoms with E-state index in [1.54, 1.807) is 20.8 Å². The molecule has 0 aliphatic heterocycles. The molecule has 5 nitrogen and oxygen atoms in total. The predicted molar refractivity (Wildman–Crippen MR) is 127 cm³/mol. The number of carbonyl (C=O) groups excluding carboxylic acids is 2. The van der Waals surface area contributed by atoms with Gasteiger partial charge < -0.3 is 9.47 Å². The number of benzene rings is 2. The highest BCUT2D eigenvalue weighted by Crippen LogP contribution is 2.18.